The molecule has 284 valence electrons. The molecular weight excluding hydrogens is 665 g/mol. The smallest absolute Gasteiger partial charge is 0.343 e. The monoisotopic (exact) mass is 723 g/mol. The van der Waals surface area contributed by atoms with Crippen LogP contribution in [0, 0.1) is 0 Å². The van der Waals surface area contributed by atoms with Crippen molar-refractivity contribution in [2.45, 2.75) is 104 Å². The third-order valence-electron chi connectivity index (χ3n) is 9.06. The maximum absolute atomic E-state index is 13.5. The molecule has 0 aliphatic carbocycles. The summed E-state index contributed by atoms with van der Waals surface area (Å²) in [6.45, 7) is 16.3. The Morgan fingerprint density at radius 2 is 1.04 bits per heavy atom. The van der Waals surface area contributed by atoms with Gasteiger partial charge in [0, 0.05) is 43.0 Å². The normalized spacial score (nSPS) is 11.6. The average molecular weight is 724 g/mol. The van der Waals surface area contributed by atoms with E-state index in [9.17, 15) is 9.59 Å². The number of nitrogens with zero attached hydrogens (tertiary/aromatic N) is 2. The largest absolute Gasteiger partial charge is 0.494 e. The van der Waals surface area contributed by atoms with Crippen molar-refractivity contribution in [1.29, 1.82) is 0 Å². The van der Waals surface area contributed by atoms with E-state index >= 15 is 0 Å². The van der Waals surface area contributed by atoms with Crippen LogP contribution in [-0.4, -0.2) is 39.2 Å². The quantitative estimate of drug-likeness (QED) is 0.0465. The lowest BCUT2D eigenvalue weighted by atomic mass is 9.81. The summed E-state index contributed by atoms with van der Waals surface area (Å²) in [4.78, 5) is 29.0. The maximum Gasteiger partial charge on any atom is 0.343 e. The highest BCUT2D eigenvalue weighted by Gasteiger charge is 2.29. The van der Waals surface area contributed by atoms with Crippen LogP contribution in [0.5, 0.6) is 23.0 Å². The molecule has 0 radical (unpaired) electrons. The van der Waals surface area contributed by atoms with Crippen LogP contribution < -0.4 is 28.4 Å². The predicted molar refractivity (Wildman–Crippen MR) is 212 cm³/mol. The van der Waals surface area contributed by atoms with Crippen molar-refractivity contribution in [3.8, 4) is 23.0 Å². The molecule has 0 N–H and O–H groups in total. The first kappa shape index (κ1) is 40.9. The van der Waals surface area contributed by atoms with Crippen LogP contribution in [0.2, 0.25) is 0 Å². The lowest BCUT2D eigenvalue weighted by Crippen LogP contribution is -2.35. The van der Waals surface area contributed by atoms with E-state index in [1.807, 2.05) is 92.3 Å². The van der Waals surface area contributed by atoms with Gasteiger partial charge in [0.25, 0.3) is 0 Å². The van der Waals surface area contributed by atoms with E-state index in [0.29, 0.717) is 48.1 Å². The Hall–Kier alpha value is -4.85. The van der Waals surface area contributed by atoms with E-state index in [4.69, 9.17) is 18.9 Å². The first-order chi connectivity index (χ1) is 25.2. The lowest BCUT2D eigenvalue weighted by Gasteiger charge is -2.28. The van der Waals surface area contributed by atoms with Gasteiger partial charge in [0.2, 0.25) is 0 Å². The van der Waals surface area contributed by atoms with Crippen molar-refractivity contribution in [2.75, 3.05) is 32.2 Å². The fourth-order valence-electron chi connectivity index (χ4n) is 5.83. The van der Waals surface area contributed by atoms with Crippen molar-refractivity contribution in [1.82, 2.24) is 0 Å². The number of ether oxygens (including phenoxy) is 4. The van der Waals surface area contributed by atoms with Crippen LogP contribution in [0.3, 0.4) is 0 Å². The minimum atomic E-state index is -0.484. The van der Waals surface area contributed by atoms with E-state index < -0.39 is 22.8 Å². The van der Waals surface area contributed by atoms with Crippen molar-refractivity contribution in [3.63, 3.8) is 0 Å². The van der Waals surface area contributed by atoms with Crippen LogP contribution in [0.25, 0.3) is 0 Å². The number of hydrogen-bond acceptors (Lipinski definition) is 7. The van der Waals surface area contributed by atoms with Crippen LogP contribution in [0.15, 0.2) is 85.2 Å². The van der Waals surface area contributed by atoms with Gasteiger partial charge in [-0.2, -0.15) is 0 Å². The SMILES string of the molecule is CCCCCCCCOc1ccc(C(=O)Oc2cc(C(C)(C)C)c(OC(=O)c3ccc(OCC[n+]4ccc(N(C)C)cc4)cc3)cc2C(C)(C)C)cc1. The maximum atomic E-state index is 13.5. The molecule has 0 bridgehead atoms. The Bertz CT molecular complexity index is 1770. The number of aromatic nitrogens is 1. The molecule has 0 atom stereocenters. The lowest BCUT2D eigenvalue weighted by molar-refractivity contribution is -0.697. The molecule has 3 aromatic carbocycles. The van der Waals surface area contributed by atoms with Gasteiger partial charge < -0.3 is 23.8 Å². The molecule has 4 aromatic rings. The van der Waals surface area contributed by atoms with Gasteiger partial charge in [-0.05, 0) is 77.9 Å². The minimum Gasteiger partial charge on any atom is -0.494 e. The Labute approximate surface area is 317 Å². The van der Waals surface area contributed by atoms with E-state index in [0.717, 1.165) is 35.4 Å². The van der Waals surface area contributed by atoms with Gasteiger partial charge in [-0.15, -0.1) is 0 Å². The molecule has 0 spiro atoms. The Kier molecular flexibility index (Phi) is 14.5. The number of esters is 2. The van der Waals surface area contributed by atoms with Gasteiger partial charge >= 0.3 is 11.9 Å². The van der Waals surface area contributed by atoms with Gasteiger partial charge in [-0.3, -0.25) is 0 Å². The number of anilines is 1. The summed E-state index contributed by atoms with van der Waals surface area (Å²) < 4.78 is 26.1. The number of carbonyl (C=O) groups excluding carboxylic acids is 2. The van der Waals surface area contributed by atoms with Gasteiger partial charge in [-0.25, -0.2) is 14.2 Å². The fraction of sp³-hybridized carbons (Fsp3) is 0.444. The first-order valence-electron chi connectivity index (χ1n) is 18.9. The zero-order valence-electron chi connectivity index (χ0n) is 33.3. The highest BCUT2D eigenvalue weighted by Crippen LogP contribution is 2.42. The molecular formula is C45H59N2O6+. The number of rotatable bonds is 17. The number of carbonyl (C=O) groups is 2. The van der Waals surface area contributed by atoms with E-state index in [1.165, 1.54) is 25.7 Å². The van der Waals surface area contributed by atoms with Crippen LogP contribution >= 0.6 is 0 Å². The second-order valence-corrected chi connectivity index (χ2v) is 15.8. The molecule has 0 saturated heterocycles. The zero-order chi connectivity index (χ0) is 38.6. The van der Waals surface area contributed by atoms with Gasteiger partial charge in [0.1, 0.15) is 29.6 Å². The predicted octanol–water partition coefficient (Wildman–Crippen LogP) is 9.89. The first-order valence-corrected chi connectivity index (χ1v) is 18.9. The van der Waals surface area contributed by atoms with E-state index in [2.05, 4.69) is 28.5 Å². The molecule has 0 aliphatic rings. The average Bonchev–Trinajstić information content (AvgIpc) is 3.11. The summed E-state index contributed by atoms with van der Waals surface area (Å²) >= 11 is 0. The highest BCUT2D eigenvalue weighted by molar-refractivity contribution is 5.92. The Morgan fingerprint density at radius 3 is 1.47 bits per heavy atom. The molecule has 0 aliphatic heterocycles. The van der Waals surface area contributed by atoms with E-state index in [1.54, 1.807) is 36.4 Å². The molecule has 8 nitrogen and oxygen atoms in total. The summed E-state index contributed by atoms with van der Waals surface area (Å²) in [5, 5.41) is 0. The summed E-state index contributed by atoms with van der Waals surface area (Å²) in [6, 6.07) is 21.8. The number of hydrogen-bond donors (Lipinski definition) is 0. The third-order valence-corrected chi connectivity index (χ3v) is 9.06. The Morgan fingerprint density at radius 1 is 0.604 bits per heavy atom. The number of unbranched alkanes of at least 4 members (excludes halogenated alkanes) is 5. The minimum absolute atomic E-state index is 0.401. The van der Waals surface area contributed by atoms with E-state index in [-0.39, 0.29) is 0 Å². The van der Waals surface area contributed by atoms with Crippen molar-refractivity contribution >= 4 is 17.6 Å². The molecule has 8 heteroatoms. The summed E-state index contributed by atoms with van der Waals surface area (Å²) in [5.41, 5.74) is 2.61. The standard InChI is InChI=1S/C45H59N2O6/c1-10-11-12-13-14-15-29-50-36-20-16-33(17-21-36)42(48)52-40-31-39(45(5,6)7)41(32-38(40)44(2,3)4)53-43(49)34-18-22-37(23-19-34)51-30-28-47-26-24-35(25-27-47)46(8)9/h16-27,31-32H,10-15,28-30H2,1-9H3/q+1. The molecule has 1 aromatic heterocycles. The molecule has 0 unspecified atom stereocenters. The molecule has 53 heavy (non-hydrogen) atoms. The summed E-state index contributed by atoms with van der Waals surface area (Å²) in [6.07, 6.45) is 11.2. The Balaban J connectivity index is 1.43. The second kappa shape index (κ2) is 18.8. The molecule has 0 saturated carbocycles. The molecule has 0 fully saturated rings. The highest BCUT2D eigenvalue weighted by atomic mass is 16.5. The van der Waals surface area contributed by atoms with Crippen molar-refractivity contribution < 1.29 is 33.1 Å². The second-order valence-electron chi connectivity index (χ2n) is 15.8. The number of pyridine rings is 1. The van der Waals surface area contributed by atoms with Crippen molar-refractivity contribution in [2.24, 2.45) is 0 Å². The fourth-order valence-corrected chi connectivity index (χ4v) is 5.83. The van der Waals surface area contributed by atoms with Crippen LogP contribution in [0.1, 0.15) is 119 Å². The summed E-state index contributed by atoms with van der Waals surface area (Å²) in [5.74, 6) is 1.31. The van der Waals surface area contributed by atoms with Gasteiger partial charge in [0.05, 0.1) is 17.7 Å². The molecule has 1 heterocycles. The van der Waals surface area contributed by atoms with Crippen LogP contribution in [-0.2, 0) is 17.4 Å². The zero-order valence-corrected chi connectivity index (χ0v) is 33.3. The third kappa shape index (κ3) is 12.4. The van der Waals surface area contributed by atoms with Gasteiger partial charge in [-0.1, -0.05) is 80.6 Å². The molecule has 4 rings (SSSR count). The number of benzene rings is 3. The molecule has 0 amide bonds. The van der Waals surface area contributed by atoms with Gasteiger partial charge in [0.15, 0.2) is 18.9 Å². The van der Waals surface area contributed by atoms with Crippen LogP contribution in [0.4, 0.5) is 5.69 Å². The topological polar surface area (TPSA) is 78.2 Å². The van der Waals surface area contributed by atoms with Crippen molar-refractivity contribution in [3.05, 3.63) is 107 Å². The summed E-state index contributed by atoms with van der Waals surface area (Å²) in [7, 11) is 4.03.